The van der Waals surface area contributed by atoms with E-state index in [1.54, 1.807) is 61.7 Å². The lowest BCUT2D eigenvalue weighted by molar-refractivity contribution is -0.123. The normalized spacial score (nSPS) is 10.9. The van der Waals surface area contributed by atoms with Crippen LogP contribution in [0.2, 0.25) is 0 Å². The molecular formula is C23H24N2O5S. The van der Waals surface area contributed by atoms with E-state index in [0.29, 0.717) is 18.0 Å². The van der Waals surface area contributed by atoms with E-state index in [9.17, 15) is 13.2 Å². The van der Waals surface area contributed by atoms with Crippen LogP contribution in [0.5, 0.6) is 11.5 Å². The summed E-state index contributed by atoms with van der Waals surface area (Å²) in [6.07, 6.45) is 0. The highest BCUT2D eigenvalue weighted by Crippen LogP contribution is 2.24. The molecule has 3 aromatic carbocycles. The molecule has 0 aliphatic rings. The number of ether oxygens (including phenoxy) is 2. The van der Waals surface area contributed by atoms with E-state index in [1.807, 2.05) is 24.3 Å². The molecule has 31 heavy (non-hydrogen) atoms. The Balaban J connectivity index is 1.52. The molecule has 0 saturated carbocycles. The molecule has 0 spiro atoms. The van der Waals surface area contributed by atoms with Crippen LogP contribution in [0.3, 0.4) is 0 Å². The van der Waals surface area contributed by atoms with Gasteiger partial charge in [-0.25, -0.2) is 8.42 Å². The van der Waals surface area contributed by atoms with Crippen LogP contribution in [0.25, 0.3) is 0 Å². The van der Waals surface area contributed by atoms with E-state index in [-0.39, 0.29) is 17.4 Å². The Bertz CT molecular complexity index is 1100. The third-order valence-corrected chi connectivity index (χ3v) is 6.42. The number of rotatable bonds is 9. The van der Waals surface area contributed by atoms with E-state index in [2.05, 4.69) is 5.32 Å². The first kappa shape index (κ1) is 22.2. The summed E-state index contributed by atoms with van der Waals surface area (Å²) in [5, 5.41) is 2.78. The standard InChI is InChI=1S/C23H24N2O5S/c1-25(31(27,28)22-6-4-3-5-7-22)19-10-14-21(15-11-19)30-17-23(26)24-16-18-8-12-20(29-2)13-9-18/h3-15H,16-17H2,1-2H3,(H,24,26). The predicted octanol–water partition coefficient (Wildman–Crippen LogP) is 3.22. The molecular weight excluding hydrogens is 416 g/mol. The lowest BCUT2D eigenvalue weighted by Crippen LogP contribution is -2.28. The fourth-order valence-corrected chi connectivity index (χ4v) is 4.00. The SMILES string of the molecule is COc1ccc(CNC(=O)COc2ccc(N(C)S(=O)(=O)c3ccccc3)cc2)cc1. The third kappa shape index (κ3) is 5.76. The molecule has 0 aromatic heterocycles. The average molecular weight is 441 g/mol. The lowest BCUT2D eigenvalue weighted by atomic mass is 10.2. The van der Waals surface area contributed by atoms with Crippen molar-refractivity contribution in [3.8, 4) is 11.5 Å². The van der Waals surface area contributed by atoms with Gasteiger partial charge < -0.3 is 14.8 Å². The largest absolute Gasteiger partial charge is 0.497 e. The lowest BCUT2D eigenvalue weighted by Gasteiger charge is -2.19. The number of methoxy groups -OCH3 is 1. The fourth-order valence-electron chi connectivity index (χ4n) is 2.79. The Morgan fingerprint density at radius 3 is 2.13 bits per heavy atom. The number of sulfonamides is 1. The van der Waals surface area contributed by atoms with Crippen molar-refractivity contribution < 1.29 is 22.7 Å². The summed E-state index contributed by atoms with van der Waals surface area (Å²) in [4.78, 5) is 12.2. The summed E-state index contributed by atoms with van der Waals surface area (Å²) in [7, 11) is -0.559. The zero-order valence-corrected chi connectivity index (χ0v) is 18.1. The molecule has 0 unspecified atom stereocenters. The summed E-state index contributed by atoms with van der Waals surface area (Å²) in [5.41, 5.74) is 1.43. The van der Waals surface area contributed by atoms with E-state index in [0.717, 1.165) is 11.3 Å². The number of benzene rings is 3. The van der Waals surface area contributed by atoms with Gasteiger partial charge in [0.15, 0.2) is 6.61 Å². The molecule has 3 rings (SSSR count). The van der Waals surface area contributed by atoms with Crippen molar-refractivity contribution in [1.82, 2.24) is 5.32 Å². The summed E-state index contributed by atoms with van der Waals surface area (Å²) in [6.45, 7) is 0.237. The Labute approximate surface area is 182 Å². The molecule has 1 amide bonds. The Morgan fingerprint density at radius 2 is 1.52 bits per heavy atom. The minimum absolute atomic E-state index is 0.145. The number of nitrogens with zero attached hydrogens (tertiary/aromatic N) is 1. The number of nitrogens with one attached hydrogen (secondary N) is 1. The van der Waals surface area contributed by atoms with Crippen molar-refractivity contribution in [3.05, 3.63) is 84.4 Å². The van der Waals surface area contributed by atoms with Crippen LogP contribution >= 0.6 is 0 Å². The predicted molar refractivity (Wildman–Crippen MR) is 119 cm³/mol. The Hall–Kier alpha value is -3.52. The highest BCUT2D eigenvalue weighted by Gasteiger charge is 2.20. The van der Waals surface area contributed by atoms with Gasteiger partial charge in [0.05, 0.1) is 17.7 Å². The van der Waals surface area contributed by atoms with Gasteiger partial charge in [0.25, 0.3) is 15.9 Å². The van der Waals surface area contributed by atoms with Crippen LogP contribution in [0.15, 0.2) is 83.8 Å². The minimum atomic E-state index is -3.65. The number of anilines is 1. The highest BCUT2D eigenvalue weighted by atomic mass is 32.2. The number of carbonyl (C=O) groups excluding carboxylic acids is 1. The van der Waals surface area contributed by atoms with Crippen molar-refractivity contribution >= 4 is 21.6 Å². The van der Waals surface area contributed by atoms with Crippen LogP contribution in [0.1, 0.15) is 5.56 Å². The molecule has 1 N–H and O–H groups in total. The zero-order valence-electron chi connectivity index (χ0n) is 17.3. The molecule has 0 atom stereocenters. The maximum Gasteiger partial charge on any atom is 0.264 e. The number of amides is 1. The van der Waals surface area contributed by atoms with Crippen LogP contribution in [0, 0.1) is 0 Å². The van der Waals surface area contributed by atoms with Crippen LogP contribution in [-0.2, 0) is 21.4 Å². The van der Waals surface area contributed by atoms with Crippen LogP contribution in [-0.4, -0.2) is 35.1 Å². The summed E-state index contributed by atoms with van der Waals surface area (Å²) < 4.78 is 37.2. The summed E-state index contributed by atoms with van der Waals surface area (Å²) in [6, 6.07) is 22.1. The van der Waals surface area contributed by atoms with Crippen molar-refractivity contribution in [2.24, 2.45) is 0 Å². The number of carbonyl (C=O) groups is 1. The fraction of sp³-hybridized carbons (Fsp3) is 0.174. The van der Waals surface area contributed by atoms with Crippen molar-refractivity contribution in [1.29, 1.82) is 0 Å². The average Bonchev–Trinajstić information content (AvgIpc) is 2.82. The van der Waals surface area contributed by atoms with Gasteiger partial charge >= 0.3 is 0 Å². The van der Waals surface area contributed by atoms with Crippen LogP contribution in [0.4, 0.5) is 5.69 Å². The van der Waals surface area contributed by atoms with Gasteiger partial charge in [0.2, 0.25) is 0 Å². The van der Waals surface area contributed by atoms with Crippen molar-refractivity contribution in [2.75, 3.05) is 25.1 Å². The molecule has 0 aliphatic heterocycles. The zero-order chi connectivity index (χ0) is 22.3. The number of hydrogen-bond donors (Lipinski definition) is 1. The van der Waals surface area contributed by atoms with Gasteiger partial charge in [-0.15, -0.1) is 0 Å². The van der Waals surface area contributed by atoms with E-state index >= 15 is 0 Å². The molecule has 0 fully saturated rings. The van der Waals surface area contributed by atoms with Gasteiger partial charge in [0, 0.05) is 13.6 Å². The maximum absolute atomic E-state index is 12.7. The summed E-state index contributed by atoms with van der Waals surface area (Å²) in [5.74, 6) is 0.960. The van der Waals surface area contributed by atoms with E-state index in [1.165, 1.54) is 11.4 Å². The second-order valence-electron chi connectivity index (χ2n) is 6.69. The molecule has 162 valence electrons. The molecule has 0 aliphatic carbocycles. The highest BCUT2D eigenvalue weighted by molar-refractivity contribution is 7.92. The monoisotopic (exact) mass is 440 g/mol. The van der Waals surface area contributed by atoms with Gasteiger partial charge in [-0.1, -0.05) is 30.3 Å². The number of hydrogen-bond acceptors (Lipinski definition) is 5. The molecule has 3 aromatic rings. The van der Waals surface area contributed by atoms with Gasteiger partial charge in [-0.2, -0.15) is 0 Å². The molecule has 0 saturated heterocycles. The second-order valence-corrected chi connectivity index (χ2v) is 8.66. The third-order valence-electron chi connectivity index (χ3n) is 4.62. The topological polar surface area (TPSA) is 84.9 Å². The van der Waals surface area contributed by atoms with Gasteiger partial charge in [0.1, 0.15) is 11.5 Å². The molecule has 7 nitrogen and oxygen atoms in total. The molecule has 0 bridgehead atoms. The molecule has 0 radical (unpaired) electrons. The Kier molecular flexibility index (Phi) is 7.15. The molecule has 8 heteroatoms. The van der Waals surface area contributed by atoms with E-state index < -0.39 is 10.0 Å². The van der Waals surface area contributed by atoms with Gasteiger partial charge in [-0.3, -0.25) is 9.10 Å². The van der Waals surface area contributed by atoms with Crippen molar-refractivity contribution in [3.63, 3.8) is 0 Å². The second kappa shape index (κ2) is 9.99. The minimum Gasteiger partial charge on any atom is -0.497 e. The Morgan fingerprint density at radius 1 is 0.903 bits per heavy atom. The first-order valence-electron chi connectivity index (χ1n) is 9.56. The van der Waals surface area contributed by atoms with Crippen molar-refractivity contribution in [2.45, 2.75) is 11.4 Å². The quantitative estimate of drug-likeness (QED) is 0.552. The van der Waals surface area contributed by atoms with E-state index in [4.69, 9.17) is 9.47 Å². The summed E-state index contributed by atoms with van der Waals surface area (Å²) >= 11 is 0. The van der Waals surface area contributed by atoms with Crippen LogP contribution < -0.4 is 19.1 Å². The molecule has 0 heterocycles. The van der Waals surface area contributed by atoms with Gasteiger partial charge in [-0.05, 0) is 54.1 Å². The maximum atomic E-state index is 12.7. The first-order chi connectivity index (χ1) is 14.9. The smallest absolute Gasteiger partial charge is 0.264 e. The first-order valence-corrected chi connectivity index (χ1v) is 11.0.